The molecule has 2 aromatic rings. The first-order chi connectivity index (χ1) is 9.99. The van der Waals surface area contributed by atoms with Crippen molar-refractivity contribution in [2.75, 3.05) is 12.4 Å². The zero-order valence-electron chi connectivity index (χ0n) is 11.6. The normalized spacial score (nSPS) is 12.0. The summed E-state index contributed by atoms with van der Waals surface area (Å²) < 4.78 is 32.7. The number of hydrogen-bond acceptors (Lipinski definition) is 4. The largest absolute Gasteiger partial charge is 0.468 e. The molecular weight excluding hydrogens is 280 g/mol. The first-order valence-corrected chi connectivity index (χ1v) is 6.31. The molecule has 0 aliphatic rings. The predicted molar refractivity (Wildman–Crippen MR) is 72.6 cm³/mol. The maximum atomic E-state index is 13.7. The van der Waals surface area contributed by atoms with Crippen molar-refractivity contribution in [1.29, 1.82) is 0 Å². The van der Waals surface area contributed by atoms with Crippen LogP contribution >= 0.6 is 0 Å². The van der Waals surface area contributed by atoms with Crippen molar-refractivity contribution in [2.45, 2.75) is 19.5 Å². The van der Waals surface area contributed by atoms with Gasteiger partial charge < -0.3 is 10.1 Å². The van der Waals surface area contributed by atoms with Crippen LogP contribution in [0.3, 0.4) is 0 Å². The molecular formula is C14H15F2N3O2. The molecule has 5 nitrogen and oxygen atoms in total. The van der Waals surface area contributed by atoms with Gasteiger partial charge >= 0.3 is 5.97 Å². The van der Waals surface area contributed by atoms with E-state index < -0.39 is 23.6 Å². The van der Waals surface area contributed by atoms with E-state index in [0.717, 1.165) is 18.2 Å². The number of methoxy groups -OCH3 is 1. The first-order valence-electron chi connectivity index (χ1n) is 6.31. The van der Waals surface area contributed by atoms with Crippen LogP contribution in [-0.4, -0.2) is 22.9 Å². The highest BCUT2D eigenvalue weighted by Crippen LogP contribution is 2.21. The number of anilines is 1. The number of carbonyl (C=O) groups is 1. The lowest BCUT2D eigenvalue weighted by Gasteiger charge is -2.14. The summed E-state index contributed by atoms with van der Waals surface area (Å²) in [5.41, 5.74) is 0.206. The highest BCUT2D eigenvalue weighted by atomic mass is 19.1. The average Bonchev–Trinajstić information content (AvgIpc) is 2.88. The minimum Gasteiger partial charge on any atom is -0.468 e. The summed E-state index contributed by atoms with van der Waals surface area (Å²) in [6.45, 7) is 1.68. The van der Waals surface area contributed by atoms with E-state index in [1.165, 1.54) is 11.8 Å². The molecule has 0 aliphatic heterocycles. The molecule has 0 saturated carbocycles. The second-order valence-electron chi connectivity index (χ2n) is 4.51. The SMILES string of the molecule is COC(=O)Cn1ccc(NC(C)c2cc(F)ccc2F)n1. The van der Waals surface area contributed by atoms with Crippen LogP contribution in [0.4, 0.5) is 14.6 Å². The summed E-state index contributed by atoms with van der Waals surface area (Å²) in [6, 6.07) is 4.45. The van der Waals surface area contributed by atoms with Crippen LogP contribution in [0.5, 0.6) is 0 Å². The van der Waals surface area contributed by atoms with Crippen LogP contribution in [0.25, 0.3) is 0 Å². The average molecular weight is 295 g/mol. The number of ether oxygens (including phenoxy) is 1. The number of nitrogens with zero attached hydrogens (tertiary/aromatic N) is 2. The first kappa shape index (κ1) is 15.0. The molecule has 1 unspecified atom stereocenters. The quantitative estimate of drug-likeness (QED) is 0.861. The molecule has 21 heavy (non-hydrogen) atoms. The number of hydrogen-bond donors (Lipinski definition) is 1. The molecule has 2 rings (SSSR count). The number of esters is 1. The lowest BCUT2D eigenvalue weighted by Crippen LogP contribution is -2.13. The Morgan fingerprint density at radius 2 is 2.19 bits per heavy atom. The van der Waals surface area contributed by atoms with Gasteiger partial charge in [0.2, 0.25) is 0 Å². The molecule has 0 bridgehead atoms. The molecule has 112 valence electrons. The molecule has 1 atom stereocenters. The second-order valence-corrected chi connectivity index (χ2v) is 4.51. The fourth-order valence-electron chi connectivity index (χ4n) is 1.87. The molecule has 0 saturated heterocycles. The summed E-state index contributed by atoms with van der Waals surface area (Å²) in [5.74, 6) is -0.967. The van der Waals surface area contributed by atoms with Gasteiger partial charge in [0.1, 0.15) is 24.0 Å². The number of benzene rings is 1. The minimum absolute atomic E-state index is 0.0130. The maximum Gasteiger partial charge on any atom is 0.327 e. The lowest BCUT2D eigenvalue weighted by molar-refractivity contribution is -0.141. The van der Waals surface area contributed by atoms with Crippen LogP contribution in [0, 0.1) is 11.6 Å². The molecule has 1 heterocycles. The molecule has 7 heteroatoms. The summed E-state index contributed by atoms with van der Waals surface area (Å²) in [4.78, 5) is 11.1. The zero-order valence-corrected chi connectivity index (χ0v) is 11.6. The van der Waals surface area contributed by atoms with Gasteiger partial charge in [-0.3, -0.25) is 9.48 Å². The third-order valence-corrected chi connectivity index (χ3v) is 2.95. The Labute approximate surface area is 120 Å². The highest BCUT2D eigenvalue weighted by Gasteiger charge is 2.13. The number of aromatic nitrogens is 2. The van der Waals surface area contributed by atoms with Crippen molar-refractivity contribution in [3.63, 3.8) is 0 Å². The van der Waals surface area contributed by atoms with E-state index in [9.17, 15) is 13.6 Å². The summed E-state index contributed by atoms with van der Waals surface area (Å²) in [6.07, 6.45) is 1.59. The molecule has 0 spiro atoms. The van der Waals surface area contributed by atoms with Crippen molar-refractivity contribution in [1.82, 2.24) is 9.78 Å². The van der Waals surface area contributed by atoms with Gasteiger partial charge in [-0.2, -0.15) is 5.10 Å². The molecule has 1 aromatic carbocycles. The van der Waals surface area contributed by atoms with Crippen molar-refractivity contribution in [3.05, 3.63) is 47.7 Å². The third kappa shape index (κ3) is 3.77. The molecule has 0 fully saturated rings. The predicted octanol–water partition coefficient (Wildman–Crippen LogP) is 2.51. The Morgan fingerprint density at radius 1 is 1.43 bits per heavy atom. The van der Waals surface area contributed by atoms with E-state index in [0.29, 0.717) is 5.82 Å². The van der Waals surface area contributed by atoms with E-state index in [1.54, 1.807) is 19.2 Å². The van der Waals surface area contributed by atoms with E-state index >= 15 is 0 Å². The number of halogens is 2. The van der Waals surface area contributed by atoms with Crippen LogP contribution < -0.4 is 5.32 Å². The summed E-state index contributed by atoms with van der Waals surface area (Å²) in [7, 11) is 1.29. The highest BCUT2D eigenvalue weighted by molar-refractivity contribution is 5.68. The Morgan fingerprint density at radius 3 is 2.90 bits per heavy atom. The minimum atomic E-state index is -0.503. The van der Waals surface area contributed by atoms with Gasteiger partial charge in [-0.1, -0.05) is 0 Å². The maximum absolute atomic E-state index is 13.7. The third-order valence-electron chi connectivity index (χ3n) is 2.95. The van der Waals surface area contributed by atoms with E-state index in [2.05, 4.69) is 15.2 Å². The molecule has 0 aliphatic carbocycles. The Hall–Kier alpha value is -2.44. The van der Waals surface area contributed by atoms with Crippen molar-refractivity contribution in [3.8, 4) is 0 Å². The van der Waals surface area contributed by atoms with Crippen LogP contribution in [0.15, 0.2) is 30.5 Å². The summed E-state index contributed by atoms with van der Waals surface area (Å²) in [5, 5.41) is 7.05. The van der Waals surface area contributed by atoms with Crippen LogP contribution in [0.2, 0.25) is 0 Å². The smallest absolute Gasteiger partial charge is 0.327 e. The molecule has 1 aromatic heterocycles. The fraction of sp³-hybridized carbons (Fsp3) is 0.286. The van der Waals surface area contributed by atoms with E-state index in [4.69, 9.17) is 0 Å². The van der Waals surface area contributed by atoms with Gasteiger partial charge in [0.25, 0.3) is 0 Å². The van der Waals surface area contributed by atoms with Gasteiger partial charge in [0.15, 0.2) is 0 Å². The van der Waals surface area contributed by atoms with Gasteiger partial charge in [-0.05, 0) is 25.1 Å². The molecule has 0 radical (unpaired) electrons. The van der Waals surface area contributed by atoms with Crippen molar-refractivity contribution >= 4 is 11.8 Å². The number of nitrogens with one attached hydrogen (secondary N) is 1. The van der Waals surface area contributed by atoms with Gasteiger partial charge in [0, 0.05) is 17.8 Å². The Balaban J connectivity index is 2.07. The van der Waals surface area contributed by atoms with Crippen LogP contribution in [0.1, 0.15) is 18.5 Å². The molecule has 0 amide bonds. The molecule has 1 N–H and O–H groups in total. The monoisotopic (exact) mass is 295 g/mol. The van der Waals surface area contributed by atoms with Crippen LogP contribution in [-0.2, 0) is 16.1 Å². The van der Waals surface area contributed by atoms with Gasteiger partial charge in [0.05, 0.1) is 13.2 Å². The second kappa shape index (κ2) is 6.34. The van der Waals surface area contributed by atoms with E-state index in [1.807, 2.05) is 0 Å². The van der Waals surface area contributed by atoms with Crippen molar-refractivity contribution in [2.24, 2.45) is 0 Å². The fourth-order valence-corrected chi connectivity index (χ4v) is 1.87. The Bertz CT molecular complexity index is 643. The lowest BCUT2D eigenvalue weighted by atomic mass is 10.1. The van der Waals surface area contributed by atoms with Gasteiger partial charge in [-0.15, -0.1) is 0 Å². The van der Waals surface area contributed by atoms with Crippen molar-refractivity contribution < 1.29 is 18.3 Å². The van der Waals surface area contributed by atoms with Gasteiger partial charge in [-0.25, -0.2) is 8.78 Å². The Kier molecular flexibility index (Phi) is 4.52. The standard InChI is InChI=1S/C14H15F2N3O2/c1-9(11-7-10(15)3-4-12(11)16)17-13-5-6-19(18-13)8-14(20)21-2/h3-7,9H,8H2,1-2H3,(H,17,18). The number of carbonyl (C=O) groups excluding carboxylic acids is 1. The summed E-state index contributed by atoms with van der Waals surface area (Å²) >= 11 is 0. The van der Waals surface area contributed by atoms with E-state index in [-0.39, 0.29) is 12.1 Å². The zero-order chi connectivity index (χ0) is 15.4. The topological polar surface area (TPSA) is 56.1 Å². The number of rotatable bonds is 5.